The van der Waals surface area contributed by atoms with Gasteiger partial charge in [0, 0.05) is 10.9 Å². The summed E-state index contributed by atoms with van der Waals surface area (Å²) in [6.45, 7) is 1.67. The zero-order valence-electron chi connectivity index (χ0n) is 8.28. The van der Waals surface area contributed by atoms with E-state index in [0.29, 0.717) is 11.1 Å². The van der Waals surface area contributed by atoms with E-state index in [1.165, 1.54) is 0 Å². The SMILES string of the molecule is Cc1c(C(N)=O)oc2cccc(CO)c12. The number of aliphatic hydroxyl groups is 1. The minimum Gasteiger partial charge on any atom is -0.451 e. The minimum absolute atomic E-state index is 0.0874. The molecule has 2 aromatic rings. The lowest BCUT2D eigenvalue weighted by Gasteiger charge is -1.97. The fourth-order valence-corrected chi connectivity index (χ4v) is 1.75. The van der Waals surface area contributed by atoms with Crippen molar-refractivity contribution in [1.29, 1.82) is 0 Å². The van der Waals surface area contributed by atoms with E-state index in [2.05, 4.69) is 0 Å². The van der Waals surface area contributed by atoms with Gasteiger partial charge in [-0.25, -0.2) is 0 Å². The van der Waals surface area contributed by atoms with Gasteiger partial charge >= 0.3 is 0 Å². The van der Waals surface area contributed by atoms with Gasteiger partial charge in [0.25, 0.3) is 5.91 Å². The zero-order valence-corrected chi connectivity index (χ0v) is 8.28. The molecular formula is C11H11NO3. The van der Waals surface area contributed by atoms with Gasteiger partial charge in [-0.3, -0.25) is 4.79 Å². The van der Waals surface area contributed by atoms with E-state index in [4.69, 9.17) is 15.3 Å². The Morgan fingerprint density at radius 2 is 2.27 bits per heavy atom. The van der Waals surface area contributed by atoms with Crippen LogP contribution in [0.4, 0.5) is 0 Å². The molecule has 1 aromatic carbocycles. The highest BCUT2D eigenvalue weighted by Gasteiger charge is 2.16. The summed E-state index contributed by atoms with van der Waals surface area (Å²) in [5.41, 5.74) is 7.17. The Morgan fingerprint density at radius 1 is 1.53 bits per heavy atom. The van der Waals surface area contributed by atoms with Crippen LogP contribution in [0.5, 0.6) is 0 Å². The molecule has 2 rings (SSSR count). The Hall–Kier alpha value is -1.81. The van der Waals surface area contributed by atoms with Crippen molar-refractivity contribution in [1.82, 2.24) is 0 Å². The minimum atomic E-state index is -0.590. The van der Waals surface area contributed by atoms with Crippen LogP contribution < -0.4 is 5.73 Å². The van der Waals surface area contributed by atoms with Crippen molar-refractivity contribution >= 4 is 16.9 Å². The molecule has 1 amide bonds. The maximum absolute atomic E-state index is 11.1. The molecule has 0 aliphatic rings. The number of amides is 1. The van der Waals surface area contributed by atoms with Gasteiger partial charge in [0.2, 0.25) is 0 Å². The summed E-state index contributed by atoms with van der Waals surface area (Å²) < 4.78 is 5.32. The molecule has 1 aromatic heterocycles. The highest BCUT2D eigenvalue weighted by atomic mass is 16.3. The molecule has 0 unspecified atom stereocenters. The average molecular weight is 205 g/mol. The number of hydrogen-bond acceptors (Lipinski definition) is 3. The van der Waals surface area contributed by atoms with Crippen molar-refractivity contribution in [2.24, 2.45) is 5.73 Å². The Kier molecular flexibility index (Phi) is 2.21. The van der Waals surface area contributed by atoms with Gasteiger partial charge in [-0.1, -0.05) is 12.1 Å². The van der Waals surface area contributed by atoms with Crippen LogP contribution in [0.2, 0.25) is 0 Å². The summed E-state index contributed by atoms with van der Waals surface area (Å²) in [6, 6.07) is 5.30. The average Bonchev–Trinajstić information content (AvgIpc) is 2.56. The monoisotopic (exact) mass is 205 g/mol. The van der Waals surface area contributed by atoms with E-state index < -0.39 is 5.91 Å². The first-order valence-corrected chi connectivity index (χ1v) is 4.56. The highest BCUT2D eigenvalue weighted by Crippen LogP contribution is 2.28. The van der Waals surface area contributed by atoms with E-state index in [1.807, 2.05) is 0 Å². The van der Waals surface area contributed by atoms with Gasteiger partial charge in [-0.2, -0.15) is 0 Å². The third-order valence-electron chi connectivity index (χ3n) is 2.43. The smallest absolute Gasteiger partial charge is 0.284 e. The molecule has 78 valence electrons. The largest absolute Gasteiger partial charge is 0.451 e. The third-order valence-corrected chi connectivity index (χ3v) is 2.43. The second kappa shape index (κ2) is 3.40. The standard InChI is InChI=1S/C11H11NO3/c1-6-9-7(5-13)3-2-4-8(9)15-10(6)11(12)14/h2-4,13H,5H2,1H3,(H2,12,14). The Bertz CT molecular complexity index is 528. The lowest BCUT2D eigenvalue weighted by atomic mass is 10.1. The molecule has 1 heterocycles. The lowest BCUT2D eigenvalue weighted by molar-refractivity contribution is 0.0975. The van der Waals surface area contributed by atoms with Crippen LogP contribution in [-0.2, 0) is 6.61 Å². The normalized spacial score (nSPS) is 10.8. The number of rotatable bonds is 2. The van der Waals surface area contributed by atoms with Crippen LogP contribution in [0.25, 0.3) is 11.0 Å². The van der Waals surface area contributed by atoms with Crippen LogP contribution in [0, 0.1) is 6.92 Å². The van der Waals surface area contributed by atoms with Gasteiger partial charge in [0.15, 0.2) is 5.76 Å². The molecule has 0 aliphatic carbocycles. The molecule has 4 nitrogen and oxygen atoms in total. The van der Waals surface area contributed by atoms with E-state index in [0.717, 1.165) is 10.9 Å². The number of benzene rings is 1. The number of furan rings is 1. The van der Waals surface area contributed by atoms with Crippen LogP contribution in [0.3, 0.4) is 0 Å². The molecule has 0 bridgehead atoms. The topological polar surface area (TPSA) is 76.5 Å². The molecule has 0 fully saturated rings. The van der Waals surface area contributed by atoms with Gasteiger partial charge in [-0.15, -0.1) is 0 Å². The fraction of sp³-hybridized carbons (Fsp3) is 0.182. The van der Waals surface area contributed by atoms with Crippen molar-refractivity contribution in [2.75, 3.05) is 0 Å². The van der Waals surface area contributed by atoms with Crippen LogP contribution >= 0.6 is 0 Å². The first-order valence-electron chi connectivity index (χ1n) is 4.56. The summed E-state index contributed by atoms with van der Waals surface area (Å²) in [7, 11) is 0. The summed E-state index contributed by atoms with van der Waals surface area (Å²) in [5.74, 6) is -0.432. The quantitative estimate of drug-likeness (QED) is 0.776. The van der Waals surface area contributed by atoms with E-state index in [-0.39, 0.29) is 12.4 Å². The number of primary amides is 1. The molecule has 3 N–H and O–H groups in total. The zero-order chi connectivity index (χ0) is 11.0. The maximum atomic E-state index is 11.1. The molecular weight excluding hydrogens is 194 g/mol. The second-order valence-corrected chi connectivity index (χ2v) is 3.37. The third kappa shape index (κ3) is 1.39. The molecule has 0 radical (unpaired) electrons. The van der Waals surface area contributed by atoms with Crippen molar-refractivity contribution in [3.05, 3.63) is 35.1 Å². The van der Waals surface area contributed by atoms with Crippen molar-refractivity contribution in [3.63, 3.8) is 0 Å². The predicted octanol–water partition coefficient (Wildman–Crippen LogP) is 1.33. The first-order chi connectivity index (χ1) is 7.15. The molecule has 0 saturated carbocycles. The predicted molar refractivity (Wildman–Crippen MR) is 55.4 cm³/mol. The van der Waals surface area contributed by atoms with Crippen LogP contribution in [-0.4, -0.2) is 11.0 Å². The number of hydrogen-bond donors (Lipinski definition) is 2. The number of aliphatic hydroxyl groups excluding tert-OH is 1. The lowest BCUT2D eigenvalue weighted by Crippen LogP contribution is -2.10. The van der Waals surface area contributed by atoms with Crippen LogP contribution in [0.15, 0.2) is 22.6 Å². The summed E-state index contributed by atoms with van der Waals surface area (Å²) in [5, 5.41) is 9.92. The Labute approximate surface area is 86.3 Å². The molecule has 0 spiro atoms. The van der Waals surface area contributed by atoms with Crippen molar-refractivity contribution < 1.29 is 14.3 Å². The Morgan fingerprint density at radius 3 is 2.87 bits per heavy atom. The molecule has 4 heteroatoms. The fourth-order valence-electron chi connectivity index (χ4n) is 1.75. The number of nitrogens with two attached hydrogens (primary N) is 1. The van der Waals surface area contributed by atoms with Crippen molar-refractivity contribution in [2.45, 2.75) is 13.5 Å². The molecule has 0 atom stereocenters. The van der Waals surface area contributed by atoms with E-state index in [9.17, 15) is 4.79 Å². The van der Waals surface area contributed by atoms with Gasteiger partial charge in [0.1, 0.15) is 5.58 Å². The molecule has 15 heavy (non-hydrogen) atoms. The Balaban J connectivity index is 2.82. The number of carbonyl (C=O) groups is 1. The number of aryl methyl sites for hydroxylation is 1. The summed E-state index contributed by atoms with van der Waals surface area (Å²) in [4.78, 5) is 11.1. The maximum Gasteiger partial charge on any atom is 0.284 e. The van der Waals surface area contributed by atoms with E-state index >= 15 is 0 Å². The molecule has 0 saturated heterocycles. The first kappa shape index (κ1) is 9.73. The summed E-state index contributed by atoms with van der Waals surface area (Å²) in [6.07, 6.45) is 0. The molecule has 0 aliphatic heterocycles. The van der Waals surface area contributed by atoms with Gasteiger partial charge in [-0.05, 0) is 18.6 Å². The number of carbonyl (C=O) groups excluding carboxylic acids is 1. The van der Waals surface area contributed by atoms with Crippen molar-refractivity contribution in [3.8, 4) is 0 Å². The van der Waals surface area contributed by atoms with Crippen LogP contribution in [0.1, 0.15) is 21.7 Å². The highest BCUT2D eigenvalue weighted by molar-refractivity contribution is 5.98. The van der Waals surface area contributed by atoms with Gasteiger partial charge < -0.3 is 15.3 Å². The number of fused-ring (bicyclic) bond motifs is 1. The van der Waals surface area contributed by atoms with Gasteiger partial charge in [0.05, 0.1) is 6.61 Å². The van der Waals surface area contributed by atoms with E-state index in [1.54, 1.807) is 25.1 Å². The second-order valence-electron chi connectivity index (χ2n) is 3.37. The summed E-state index contributed by atoms with van der Waals surface area (Å²) >= 11 is 0.